The van der Waals surface area contributed by atoms with Crippen LogP contribution in [0.1, 0.15) is 22.3 Å². The Kier molecular flexibility index (Phi) is 3.68. The van der Waals surface area contributed by atoms with E-state index < -0.39 is 0 Å². The first kappa shape index (κ1) is 12.7. The summed E-state index contributed by atoms with van der Waals surface area (Å²) in [6.07, 6.45) is 0. The highest BCUT2D eigenvalue weighted by Crippen LogP contribution is 2.29. The largest absolute Gasteiger partial charge is 0.457 e. The molecule has 0 aromatic heterocycles. The van der Waals surface area contributed by atoms with E-state index >= 15 is 0 Å². The first-order valence-electron chi connectivity index (χ1n) is 6.15. The Bertz CT molecular complexity index is 521. The Balaban J connectivity index is 2.28. The van der Waals surface area contributed by atoms with Crippen LogP contribution in [0.25, 0.3) is 0 Å². The van der Waals surface area contributed by atoms with Gasteiger partial charge in [-0.1, -0.05) is 29.8 Å². The van der Waals surface area contributed by atoms with Gasteiger partial charge in [0.1, 0.15) is 11.5 Å². The van der Waals surface area contributed by atoms with Gasteiger partial charge in [0, 0.05) is 6.54 Å². The van der Waals surface area contributed by atoms with Crippen LogP contribution in [0, 0.1) is 20.8 Å². The topological polar surface area (TPSA) is 35.2 Å². The highest BCUT2D eigenvalue weighted by atomic mass is 16.5. The van der Waals surface area contributed by atoms with Crippen molar-refractivity contribution in [2.24, 2.45) is 5.73 Å². The Labute approximate surface area is 108 Å². The van der Waals surface area contributed by atoms with Crippen molar-refractivity contribution < 1.29 is 4.74 Å². The summed E-state index contributed by atoms with van der Waals surface area (Å²) >= 11 is 0. The molecule has 0 aliphatic carbocycles. The van der Waals surface area contributed by atoms with E-state index in [1.807, 2.05) is 24.3 Å². The zero-order valence-electron chi connectivity index (χ0n) is 11.2. The van der Waals surface area contributed by atoms with Gasteiger partial charge in [-0.25, -0.2) is 0 Å². The first-order valence-corrected chi connectivity index (χ1v) is 6.15. The summed E-state index contributed by atoms with van der Waals surface area (Å²) in [5.74, 6) is 1.79. The number of ether oxygens (including phenoxy) is 1. The van der Waals surface area contributed by atoms with Gasteiger partial charge in [-0.2, -0.15) is 0 Å². The van der Waals surface area contributed by atoms with E-state index in [9.17, 15) is 0 Å². The van der Waals surface area contributed by atoms with Gasteiger partial charge in [0.05, 0.1) is 0 Å². The molecule has 0 atom stereocenters. The van der Waals surface area contributed by atoms with E-state index in [0.29, 0.717) is 6.54 Å². The summed E-state index contributed by atoms with van der Waals surface area (Å²) in [5, 5.41) is 0. The zero-order valence-corrected chi connectivity index (χ0v) is 11.2. The minimum atomic E-state index is 0.558. The quantitative estimate of drug-likeness (QED) is 0.885. The average Bonchev–Trinajstić information content (AvgIpc) is 2.34. The Morgan fingerprint density at radius 3 is 2.00 bits per heavy atom. The van der Waals surface area contributed by atoms with Crippen molar-refractivity contribution in [3.8, 4) is 11.5 Å². The van der Waals surface area contributed by atoms with E-state index in [-0.39, 0.29) is 0 Å². The van der Waals surface area contributed by atoms with Crippen LogP contribution in [0.4, 0.5) is 0 Å². The fourth-order valence-corrected chi connectivity index (χ4v) is 2.14. The number of hydrogen-bond donors (Lipinski definition) is 1. The number of aryl methyl sites for hydroxylation is 3. The molecule has 18 heavy (non-hydrogen) atoms. The number of hydrogen-bond acceptors (Lipinski definition) is 2. The molecule has 2 aromatic carbocycles. The molecule has 0 heterocycles. The lowest BCUT2D eigenvalue weighted by Gasteiger charge is -2.13. The van der Waals surface area contributed by atoms with Crippen LogP contribution in [0.15, 0.2) is 36.4 Å². The minimum absolute atomic E-state index is 0.558. The standard InChI is InChI=1S/C16H19NO/c1-11-8-12(2)16(13(3)9-11)18-15-6-4-14(10-17)5-7-15/h4-9H,10,17H2,1-3H3. The van der Waals surface area contributed by atoms with Crippen LogP contribution in [0.2, 0.25) is 0 Å². The van der Waals surface area contributed by atoms with Gasteiger partial charge in [0.15, 0.2) is 0 Å². The van der Waals surface area contributed by atoms with Crippen LogP contribution in [-0.4, -0.2) is 0 Å². The van der Waals surface area contributed by atoms with Crippen molar-refractivity contribution in [3.05, 3.63) is 58.7 Å². The van der Waals surface area contributed by atoms with Crippen LogP contribution < -0.4 is 10.5 Å². The van der Waals surface area contributed by atoms with Crippen LogP contribution in [0.3, 0.4) is 0 Å². The Morgan fingerprint density at radius 2 is 1.50 bits per heavy atom. The van der Waals surface area contributed by atoms with Crippen LogP contribution >= 0.6 is 0 Å². The normalized spacial score (nSPS) is 10.4. The predicted octanol–water partition coefficient (Wildman–Crippen LogP) is 3.86. The van der Waals surface area contributed by atoms with Gasteiger partial charge in [-0.15, -0.1) is 0 Å². The van der Waals surface area contributed by atoms with Gasteiger partial charge >= 0.3 is 0 Å². The maximum atomic E-state index is 5.95. The maximum Gasteiger partial charge on any atom is 0.133 e. The summed E-state index contributed by atoms with van der Waals surface area (Å²) in [4.78, 5) is 0. The monoisotopic (exact) mass is 241 g/mol. The van der Waals surface area contributed by atoms with Gasteiger partial charge < -0.3 is 10.5 Å². The van der Waals surface area contributed by atoms with Gasteiger partial charge in [0.25, 0.3) is 0 Å². The summed E-state index contributed by atoms with van der Waals surface area (Å²) in [6.45, 7) is 6.80. The lowest BCUT2D eigenvalue weighted by molar-refractivity contribution is 0.474. The lowest BCUT2D eigenvalue weighted by Crippen LogP contribution is -1.96. The van der Waals surface area contributed by atoms with Crippen molar-refractivity contribution in [1.82, 2.24) is 0 Å². The predicted molar refractivity (Wildman–Crippen MR) is 75.1 cm³/mol. The van der Waals surface area contributed by atoms with E-state index in [2.05, 4.69) is 32.9 Å². The van der Waals surface area contributed by atoms with Crippen LogP contribution in [0.5, 0.6) is 11.5 Å². The lowest BCUT2D eigenvalue weighted by atomic mass is 10.1. The molecule has 2 N–H and O–H groups in total. The minimum Gasteiger partial charge on any atom is -0.457 e. The molecule has 0 radical (unpaired) electrons. The second-order valence-electron chi connectivity index (χ2n) is 4.68. The SMILES string of the molecule is Cc1cc(C)c(Oc2ccc(CN)cc2)c(C)c1. The van der Waals surface area contributed by atoms with Crippen molar-refractivity contribution in [3.63, 3.8) is 0 Å². The fourth-order valence-electron chi connectivity index (χ4n) is 2.14. The maximum absolute atomic E-state index is 5.95. The molecule has 0 spiro atoms. The molecule has 2 rings (SSSR count). The summed E-state index contributed by atoms with van der Waals surface area (Å²) < 4.78 is 5.95. The molecule has 0 fully saturated rings. The molecule has 0 amide bonds. The van der Waals surface area contributed by atoms with Gasteiger partial charge in [-0.05, 0) is 49.6 Å². The van der Waals surface area contributed by atoms with E-state index in [0.717, 1.165) is 28.2 Å². The summed E-state index contributed by atoms with van der Waals surface area (Å²) in [6, 6.07) is 12.2. The van der Waals surface area contributed by atoms with Gasteiger partial charge in [0.2, 0.25) is 0 Å². The zero-order chi connectivity index (χ0) is 13.1. The van der Waals surface area contributed by atoms with Crippen molar-refractivity contribution in [2.75, 3.05) is 0 Å². The molecule has 0 saturated carbocycles. The van der Waals surface area contributed by atoms with Crippen molar-refractivity contribution >= 4 is 0 Å². The van der Waals surface area contributed by atoms with Crippen molar-refractivity contribution in [2.45, 2.75) is 27.3 Å². The third-order valence-electron chi connectivity index (χ3n) is 2.98. The van der Waals surface area contributed by atoms with Crippen LogP contribution in [-0.2, 0) is 6.54 Å². The molecule has 94 valence electrons. The average molecular weight is 241 g/mol. The Hall–Kier alpha value is -1.80. The third kappa shape index (κ3) is 2.71. The second kappa shape index (κ2) is 5.23. The number of benzene rings is 2. The van der Waals surface area contributed by atoms with Gasteiger partial charge in [-0.3, -0.25) is 0 Å². The molecule has 0 bridgehead atoms. The molecule has 0 unspecified atom stereocenters. The summed E-state index contributed by atoms with van der Waals surface area (Å²) in [5.41, 5.74) is 10.3. The number of nitrogens with two attached hydrogens (primary N) is 1. The summed E-state index contributed by atoms with van der Waals surface area (Å²) in [7, 11) is 0. The van der Waals surface area contributed by atoms with E-state index in [1.165, 1.54) is 5.56 Å². The molecule has 0 aliphatic heterocycles. The molecular weight excluding hydrogens is 222 g/mol. The molecule has 0 saturated heterocycles. The molecule has 2 heteroatoms. The van der Waals surface area contributed by atoms with E-state index in [1.54, 1.807) is 0 Å². The third-order valence-corrected chi connectivity index (χ3v) is 2.98. The number of rotatable bonds is 3. The highest BCUT2D eigenvalue weighted by Gasteiger charge is 2.06. The second-order valence-corrected chi connectivity index (χ2v) is 4.68. The Morgan fingerprint density at radius 1 is 0.944 bits per heavy atom. The molecule has 0 aliphatic rings. The molecule has 2 aromatic rings. The fraction of sp³-hybridized carbons (Fsp3) is 0.250. The highest BCUT2D eigenvalue weighted by molar-refractivity contribution is 5.45. The first-order chi connectivity index (χ1) is 8.60. The van der Waals surface area contributed by atoms with Crippen molar-refractivity contribution in [1.29, 1.82) is 0 Å². The molecule has 2 nitrogen and oxygen atoms in total. The molecular formula is C16H19NO. The smallest absolute Gasteiger partial charge is 0.133 e. The van der Waals surface area contributed by atoms with E-state index in [4.69, 9.17) is 10.5 Å².